The Morgan fingerprint density at radius 3 is 2.58 bits per heavy atom. The molecule has 0 atom stereocenters. The Morgan fingerprint density at radius 1 is 1.42 bits per heavy atom. The fourth-order valence-electron chi connectivity index (χ4n) is 3.00. The zero-order chi connectivity index (χ0) is 14.0. The van der Waals surface area contributed by atoms with Gasteiger partial charge < -0.3 is 15.6 Å². The molecular weight excluding hydrogens is 313 g/mol. The van der Waals surface area contributed by atoms with Crippen molar-refractivity contribution in [1.82, 2.24) is 0 Å². The summed E-state index contributed by atoms with van der Waals surface area (Å²) in [6.07, 6.45) is 5.21. The lowest BCUT2D eigenvalue weighted by atomic mass is 9.69. The van der Waals surface area contributed by atoms with Gasteiger partial charge in [-0.25, -0.2) is 0 Å². The molecule has 3 N–H and O–H groups in total. The molecule has 1 aromatic carbocycles. The Labute approximate surface area is 121 Å². The van der Waals surface area contributed by atoms with Gasteiger partial charge >= 0.3 is 0 Å². The van der Waals surface area contributed by atoms with Crippen molar-refractivity contribution >= 4 is 15.9 Å². The Hall–Kier alpha value is -0.810. The third kappa shape index (κ3) is 2.46. The molecule has 1 aromatic rings. The number of nitrogens with two attached hydrogens (primary N) is 1. The highest BCUT2D eigenvalue weighted by Crippen LogP contribution is 2.47. The molecule has 0 radical (unpaired) electrons. The summed E-state index contributed by atoms with van der Waals surface area (Å²) < 4.78 is 19.7. The van der Waals surface area contributed by atoms with Gasteiger partial charge in [-0.05, 0) is 34.8 Å². The second kappa shape index (κ2) is 5.67. The van der Waals surface area contributed by atoms with Crippen LogP contribution < -0.4 is 10.5 Å². The molecule has 2 rings (SSSR count). The topological polar surface area (TPSA) is 55.5 Å². The summed E-state index contributed by atoms with van der Waals surface area (Å²) in [5.41, 5.74) is 6.49. The molecule has 0 aliphatic heterocycles. The van der Waals surface area contributed by atoms with E-state index in [0.717, 1.165) is 31.2 Å². The molecule has 0 bridgehead atoms. The molecule has 0 saturated heterocycles. The molecule has 0 spiro atoms. The van der Waals surface area contributed by atoms with Crippen molar-refractivity contribution in [3.63, 3.8) is 0 Å². The van der Waals surface area contributed by atoms with Gasteiger partial charge in [0.15, 0.2) is 11.5 Å². The van der Waals surface area contributed by atoms with Gasteiger partial charge in [0.25, 0.3) is 0 Å². The quantitative estimate of drug-likeness (QED) is 0.891. The Balaban J connectivity index is 2.59. The molecule has 0 heterocycles. The minimum atomic E-state index is -0.717. The number of methoxy groups -OCH3 is 1. The van der Waals surface area contributed by atoms with Crippen LogP contribution in [0.4, 0.5) is 4.39 Å². The largest absolute Gasteiger partial charge is 0.504 e. The van der Waals surface area contributed by atoms with Crippen molar-refractivity contribution in [3.05, 3.63) is 21.9 Å². The lowest BCUT2D eigenvalue weighted by Crippen LogP contribution is -2.37. The van der Waals surface area contributed by atoms with Crippen LogP contribution in [0.1, 0.15) is 37.7 Å². The smallest absolute Gasteiger partial charge is 0.208 e. The Morgan fingerprint density at radius 2 is 2.05 bits per heavy atom. The van der Waals surface area contributed by atoms with E-state index in [1.54, 1.807) is 6.07 Å². The fourth-order valence-corrected chi connectivity index (χ4v) is 3.40. The summed E-state index contributed by atoms with van der Waals surface area (Å²) >= 11 is 3.19. The molecule has 1 aliphatic carbocycles. The summed E-state index contributed by atoms with van der Waals surface area (Å²) in [5, 5.41) is 9.66. The third-order valence-corrected chi connectivity index (χ3v) is 4.73. The van der Waals surface area contributed by atoms with Crippen molar-refractivity contribution in [2.24, 2.45) is 5.73 Å². The number of hydrogen-bond donors (Lipinski definition) is 2. The first-order valence-corrected chi connectivity index (χ1v) is 7.30. The molecule has 1 fully saturated rings. The van der Waals surface area contributed by atoms with E-state index < -0.39 is 11.6 Å². The maximum atomic E-state index is 14.1. The maximum absolute atomic E-state index is 14.1. The zero-order valence-corrected chi connectivity index (χ0v) is 12.6. The lowest BCUT2D eigenvalue weighted by Gasteiger charge is -2.37. The summed E-state index contributed by atoms with van der Waals surface area (Å²) in [6, 6.07) is 1.75. The number of phenolic OH excluding ortho intramolecular Hbond substituents is 1. The van der Waals surface area contributed by atoms with E-state index >= 15 is 0 Å². The van der Waals surface area contributed by atoms with E-state index in [9.17, 15) is 9.50 Å². The lowest BCUT2D eigenvalue weighted by molar-refractivity contribution is 0.280. The number of benzene rings is 1. The van der Waals surface area contributed by atoms with Crippen LogP contribution in [-0.4, -0.2) is 18.8 Å². The van der Waals surface area contributed by atoms with E-state index in [1.807, 2.05) is 0 Å². The highest BCUT2D eigenvalue weighted by atomic mass is 79.9. The molecule has 106 valence electrons. The van der Waals surface area contributed by atoms with Crippen LogP contribution in [0.15, 0.2) is 10.5 Å². The fraction of sp³-hybridized carbons (Fsp3) is 0.571. The Bertz CT molecular complexity index is 473. The average molecular weight is 332 g/mol. The first-order chi connectivity index (χ1) is 9.05. The van der Waals surface area contributed by atoms with Crippen molar-refractivity contribution in [1.29, 1.82) is 0 Å². The van der Waals surface area contributed by atoms with Crippen LogP contribution in [0, 0.1) is 5.82 Å². The number of hydrogen-bond acceptors (Lipinski definition) is 3. The number of rotatable bonds is 3. The van der Waals surface area contributed by atoms with Gasteiger partial charge in [-0.2, -0.15) is 4.39 Å². The molecular formula is C14H19BrFNO2. The second-order valence-corrected chi connectivity index (χ2v) is 6.00. The van der Waals surface area contributed by atoms with E-state index in [1.165, 1.54) is 13.5 Å². The normalized spacial score (nSPS) is 18.3. The van der Waals surface area contributed by atoms with Gasteiger partial charge in [-0.15, -0.1) is 0 Å². The molecule has 0 aromatic heterocycles. The predicted octanol–water partition coefficient (Wildman–Crippen LogP) is 3.46. The molecule has 0 unspecified atom stereocenters. The minimum Gasteiger partial charge on any atom is -0.504 e. The zero-order valence-electron chi connectivity index (χ0n) is 11.0. The molecule has 5 heteroatoms. The van der Waals surface area contributed by atoms with Gasteiger partial charge in [0, 0.05) is 17.5 Å². The van der Waals surface area contributed by atoms with Crippen LogP contribution in [0.3, 0.4) is 0 Å². The molecule has 1 aliphatic rings. The third-order valence-electron chi connectivity index (χ3n) is 4.13. The van der Waals surface area contributed by atoms with Gasteiger partial charge in [-0.3, -0.25) is 0 Å². The first-order valence-electron chi connectivity index (χ1n) is 6.51. The minimum absolute atomic E-state index is 0.119. The first kappa shape index (κ1) is 14.6. The number of halogens is 2. The number of phenols is 1. The monoisotopic (exact) mass is 331 g/mol. The van der Waals surface area contributed by atoms with Crippen LogP contribution in [0.2, 0.25) is 0 Å². The Kier molecular flexibility index (Phi) is 4.36. The maximum Gasteiger partial charge on any atom is 0.208 e. The molecule has 3 nitrogen and oxygen atoms in total. The van der Waals surface area contributed by atoms with Crippen molar-refractivity contribution in [2.75, 3.05) is 13.7 Å². The summed E-state index contributed by atoms with van der Waals surface area (Å²) in [4.78, 5) is 0. The van der Waals surface area contributed by atoms with E-state index in [0.29, 0.717) is 11.0 Å². The van der Waals surface area contributed by atoms with Crippen molar-refractivity contribution in [3.8, 4) is 11.5 Å². The molecule has 1 saturated carbocycles. The van der Waals surface area contributed by atoms with Gasteiger partial charge in [0.05, 0.1) is 11.6 Å². The highest BCUT2D eigenvalue weighted by Gasteiger charge is 2.37. The van der Waals surface area contributed by atoms with Crippen LogP contribution >= 0.6 is 15.9 Å². The van der Waals surface area contributed by atoms with Crippen molar-refractivity contribution < 1.29 is 14.2 Å². The summed E-state index contributed by atoms with van der Waals surface area (Å²) in [7, 11) is 1.42. The standard InChI is InChI=1S/C14H19BrFNO2/c1-19-13-9(7-10(15)12(18)11(13)16)14(8-17)5-3-2-4-6-14/h7,18H,2-6,8,17H2,1H3. The van der Waals surface area contributed by atoms with Gasteiger partial charge in [0.1, 0.15) is 0 Å². The van der Waals surface area contributed by atoms with E-state index in [-0.39, 0.29) is 11.2 Å². The molecule has 19 heavy (non-hydrogen) atoms. The average Bonchev–Trinajstić information content (AvgIpc) is 2.45. The summed E-state index contributed by atoms with van der Waals surface area (Å²) in [5.74, 6) is -1.01. The predicted molar refractivity (Wildman–Crippen MR) is 76.1 cm³/mol. The molecule has 0 amide bonds. The number of ether oxygens (including phenoxy) is 1. The second-order valence-electron chi connectivity index (χ2n) is 5.15. The van der Waals surface area contributed by atoms with Crippen LogP contribution in [0.5, 0.6) is 11.5 Å². The summed E-state index contributed by atoms with van der Waals surface area (Å²) in [6.45, 7) is 0.458. The van der Waals surface area contributed by atoms with E-state index in [2.05, 4.69) is 15.9 Å². The van der Waals surface area contributed by atoms with E-state index in [4.69, 9.17) is 10.5 Å². The van der Waals surface area contributed by atoms with Gasteiger partial charge in [-0.1, -0.05) is 19.3 Å². The van der Waals surface area contributed by atoms with Crippen LogP contribution in [-0.2, 0) is 5.41 Å². The number of aromatic hydroxyl groups is 1. The van der Waals surface area contributed by atoms with Crippen molar-refractivity contribution in [2.45, 2.75) is 37.5 Å². The highest BCUT2D eigenvalue weighted by molar-refractivity contribution is 9.10. The SMILES string of the molecule is COc1c(C2(CN)CCCCC2)cc(Br)c(O)c1F. The van der Waals surface area contributed by atoms with Gasteiger partial charge in [0.2, 0.25) is 5.82 Å². The van der Waals surface area contributed by atoms with Crippen LogP contribution in [0.25, 0.3) is 0 Å².